The Kier molecular flexibility index (Phi) is 3.32. The van der Waals surface area contributed by atoms with Crippen molar-refractivity contribution in [2.75, 3.05) is 5.32 Å². The van der Waals surface area contributed by atoms with Gasteiger partial charge in [0.25, 0.3) is 5.91 Å². The molecule has 0 aliphatic rings. The van der Waals surface area contributed by atoms with E-state index in [0.717, 1.165) is 18.2 Å². The molecule has 0 radical (unpaired) electrons. The van der Waals surface area contributed by atoms with Gasteiger partial charge in [0.15, 0.2) is 5.69 Å². The second-order valence-corrected chi connectivity index (χ2v) is 5.09. The molecule has 100 valence electrons. The fourth-order valence-electron chi connectivity index (χ4n) is 1.29. The van der Waals surface area contributed by atoms with Crippen molar-refractivity contribution in [3.63, 3.8) is 0 Å². The molecule has 0 aliphatic carbocycles. The first-order valence-electron chi connectivity index (χ1n) is 4.92. The summed E-state index contributed by atoms with van der Waals surface area (Å²) in [4.78, 5) is 11.3. The smallest absolute Gasteiger partial charge is 0.277 e. The third-order valence-electron chi connectivity index (χ3n) is 2.19. The molecule has 0 saturated heterocycles. The van der Waals surface area contributed by atoms with E-state index < -0.39 is 21.7 Å². The summed E-state index contributed by atoms with van der Waals surface area (Å²) in [7, 11) is -3.98. The summed E-state index contributed by atoms with van der Waals surface area (Å²) in [6.45, 7) is 0. The highest BCUT2D eigenvalue weighted by atomic mass is 32.2. The molecule has 0 spiro atoms. The average molecular weight is 285 g/mol. The van der Waals surface area contributed by atoms with Crippen molar-refractivity contribution in [3.8, 4) is 0 Å². The number of nitrogens with two attached hydrogens (primary N) is 1. The maximum Gasteiger partial charge on any atom is 0.277 e. The van der Waals surface area contributed by atoms with Crippen molar-refractivity contribution < 1.29 is 22.1 Å². The number of carbonyl (C=O) groups excluding carboxylic acids is 1. The van der Waals surface area contributed by atoms with E-state index in [9.17, 15) is 17.6 Å². The number of anilines is 1. The molecule has 2 rings (SSSR count). The maximum absolute atomic E-state index is 13.5. The summed E-state index contributed by atoms with van der Waals surface area (Å²) in [6, 6.07) is 4.08. The van der Waals surface area contributed by atoms with Crippen molar-refractivity contribution >= 4 is 21.6 Å². The molecule has 0 fully saturated rings. The zero-order chi connectivity index (χ0) is 14.0. The number of halogens is 1. The first-order valence-corrected chi connectivity index (χ1v) is 6.46. The van der Waals surface area contributed by atoms with E-state index in [4.69, 9.17) is 5.14 Å². The van der Waals surface area contributed by atoms with Crippen LogP contribution < -0.4 is 10.5 Å². The fourth-order valence-corrected chi connectivity index (χ4v) is 1.83. The van der Waals surface area contributed by atoms with Crippen molar-refractivity contribution in [2.24, 2.45) is 5.14 Å². The summed E-state index contributed by atoms with van der Waals surface area (Å²) in [5.74, 6) is -1.54. The highest BCUT2D eigenvalue weighted by molar-refractivity contribution is 7.89. The van der Waals surface area contributed by atoms with E-state index in [1.807, 2.05) is 0 Å². The van der Waals surface area contributed by atoms with Crippen LogP contribution in [0.15, 0.2) is 39.9 Å². The lowest BCUT2D eigenvalue weighted by atomic mass is 10.3. The summed E-state index contributed by atoms with van der Waals surface area (Å²) < 4.78 is 40.2. The lowest BCUT2D eigenvalue weighted by Gasteiger charge is -2.06. The highest BCUT2D eigenvalue weighted by Gasteiger charge is 2.15. The first kappa shape index (κ1) is 13.2. The minimum atomic E-state index is -3.98. The van der Waals surface area contributed by atoms with E-state index in [0.29, 0.717) is 0 Å². The zero-order valence-electron chi connectivity index (χ0n) is 9.33. The topological polar surface area (TPSA) is 115 Å². The van der Waals surface area contributed by atoms with Crippen molar-refractivity contribution in [1.82, 2.24) is 5.16 Å². The van der Waals surface area contributed by atoms with Gasteiger partial charge in [0.05, 0.1) is 10.6 Å². The maximum atomic E-state index is 13.5. The number of benzene rings is 1. The molecule has 9 heteroatoms. The minimum Gasteiger partial charge on any atom is -0.364 e. The number of primary sulfonamides is 1. The second-order valence-electron chi connectivity index (χ2n) is 3.53. The SMILES string of the molecule is NS(=O)(=O)c1ccc(F)c(NC(=O)c2ccon2)c1. The Morgan fingerprint density at radius 3 is 2.68 bits per heavy atom. The van der Waals surface area contributed by atoms with Crippen LogP contribution >= 0.6 is 0 Å². The molecule has 2 aromatic rings. The lowest BCUT2D eigenvalue weighted by molar-refractivity contribution is 0.101. The predicted octanol–water partition coefficient (Wildman–Crippen LogP) is 0.713. The normalized spacial score (nSPS) is 11.3. The van der Waals surface area contributed by atoms with Gasteiger partial charge in [-0.25, -0.2) is 17.9 Å². The van der Waals surface area contributed by atoms with Crippen LogP contribution in [0.1, 0.15) is 10.5 Å². The Morgan fingerprint density at radius 2 is 2.11 bits per heavy atom. The zero-order valence-corrected chi connectivity index (χ0v) is 10.1. The molecule has 1 amide bonds. The second kappa shape index (κ2) is 4.78. The fraction of sp³-hybridized carbons (Fsp3) is 0. The summed E-state index contributed by atoms with van der Waals surface area (Å²) in [5.41, 5.74) is -0.389. The average Bonchev–Trinajstić information content (AvgIpc) is 2.84. The minimum absolute atomic E-state index is 0.0691. The van der Waals surface area contributed by atoms with Crippen LogP contribution in [0.5, 0.6) is 0 Å². The molecule has 1 aromatic heterocycles. The van der Waals surface area contributed by atoms with Gasteiger partial charge in [0.2, 0.25) is 10.0 Å². The Hall–Kier alpha value is -2.26. The van der Waals surface area contributed by atoms with Crippen LogP contribution in [0, 0.1) is 5.82 Å². The van der Waals surface area contributed by atoms with Crippen LogP contribution in [0.4, 0.5) is 10.1 Å². The van der Waals surface area contributed by atoms with Crippen LogP contribution in [0.25, 0.3) is 0 Å². The highest BCUT2D eigenvalue weighted by Crippen LogP contribution is 2.19. The third kappa shape index (κ3) is 2.95. The lowest BCUT2D eigenvalue weighted by Crippen LogP contribution is -2.16. The number of amides is 1. The van der Waals surface area contributed by atoms with Crippen molar-refractivity contribution in [3.05, 3.63) is 42.0 Å². The van der Waals surface area contributed by atoms with E-state index >= 15 is 0 Å². The molecule has 0 aliphatic heterocycles. The van der Waals surface area contributed by atoms with Crippen LogP contribution in [0.3, 0.4) is 0 Å². The Balaban J connectivity index is 2.32. The van der Waals surface area contributed by atoms with Gasteiger partial charge in [0.1, 0.15) is 12.1 Å². The molecule has 7 nitrogen and oxygen atoms in total. The van der Waals surface area contributed by atoms with Gasteiger partial charge >= 0.3 is 0 Å². The standard InChI is InChI=1S/C10H8FN3O4S/c11-7-2-1-6(19(12,16)17)5-9(7)13-10(15)8-3-4-18-14-8/h1-5H,(H,13,15)(H2,12,16,17). The quantitative estimate of drug-likeness (QED) is 0.861. The van der Waals surface area contributed by atoms with Gasteiger partial charge in [-0.15, -0.1) is 0 Å². The molecule has 0 bridgehead atoms. The molecule has 3 N–H and O–H groups in total. The molecule has 1 aromatic carbocycles. The Bertz CT molecular complexity index is 712. The molecular formula is C10H8FN3O4S. The molecule has 0 unspecified atom stereocenters. The summed E-state index contributed by atoms with van der Waals surface area (Å²) >= 11 is 0. The van der Waals surface area contributed by atoms with Gasteiger partial charge in [-0.05, 0) is 18.2 Å². The number of rotatable bonds is 3. The molecular weight excluding hydrogens is 277 g/mol. The van der Waals surface area contributed by atoms with Crippen LogP contribution in [-0.4, -0.2) is 19.5 Å². The predicted molar refractivity (Wildman–Crippen MR) is 62.2 cm³/mol. The van der Waals surface area contributed by atoms with Crippen molar-refractivity contribution in [2.45, 2.75) is 4.90 Å². The summed E-state index contributed by atoms with van der Waals surface area (Å²) in [6.07, 6.45) is 1.17. The van der Waals surface area contributed by atoms with E-state index in [1.54, 1.807) is 0 Å². The summed E-state index contributed by atoms with van der Waals surface area (Å²) in [5, 5.41) is 10.4. The van der Waals surface area contributed by atoms with Crippen molar-refractivity contribution in [1.29, 1.82) is 0 Å². The first-order chi connectivity index (χ1) is 8.88. The van der Waals surface area contributed by atoms with Gasteiger partial charge in [-0.2, -0.15) is 0 Å². The number of carbonyl (C=O) groups is 1. The molecule has 1 heterocycles. The third-order valence-corrected chi connectivity index (χ3v) is 3.10. The number of aromatic nitrogens is 1. The van der Waals surface area contributed by atoms with Gasteiger partial charge in [-0.1, -0.05) is 5.16 Å². The Morgan fingerprint density at radius 1 is 1.37 bits per heavy atom. The van der Waals surface area contributed by atoms with E-state index in [-0.39, 0.29) is 16.3 Å². The van der Waals surface area contributed by atoms with E-state index in [2.05, 4.69) is 15.0 Å². The Labute approximate surface area is 107 Å². The van der Waals surface area contributed by atoms with Crippen LogP contribution in [-0.2, 0) is 10.0 Å². The molecule has 0 saturated carbocycles. The number of nitrogens with one attached hydrogen (secondary N) is 1. The number of nitrogens with zero attached hydrogens (tertiary/aromatic N) is 1. The number of hydrogen-bond donors (Lipinski definition) is 2. The largest absolute Gasteiger partial charge is 0.364 e. The van der Waals surface area contributed by atoms with Crippen LogP contribution in [0.2, 0.25) is 0 Å². The van der Waals surface area contributed by atoms with Gasteiger partial charge in [-0.3, -0.25) is 4.79 Å². The number of hydrogen-bond acceptors (Lipinski definition) is 5. The monoisotopic (exact) mass is 285 g/mol. The van der Waals surface area contributed by atoms with E-state index in [1.165, 1.54) is 12.3 Å². The molecule has 0 atom stereocenters. The molecule has 19 heavy (non-hydrogen) atoms. The van der Waals surface area contributed by atoms with Gasteiger partial charge in [0, 0.05) is 6.07 Å². The number of sulfonamides is 1. The van der Waals surface area contributed by atoms with Gasteiger partial charge < -0.3 is 9.84 Å².